The van der Waals surface area contributed by atoms with Crippen LogP contribution in [0.5, 0.6) is 5.75 Å². The largest absolute Gasteiger partial charge is 0.420 e. The number of anilines is 1. The lowest BCUT2D eigenvalue weighted by molar-refractivity contribution is -0.148. The van der Waals surface area contributed by atoms with Crippen LogP contribution in [0.25, 0.3) is 0 Å². The summed E-state index contributed by atoms with van der Waals surface area (Å²) in [6.07, 6.45) is 1.47. The highest BCUT2D eigenvalue weighted by atomic mass is 19.2. The minimum absolute atomic E-state index is 0.00543. The first-order valence-electron chi connectivity index (χ1n) is 34.9. The summed E-state index contributed by atoms with van der Waals surface area (Å²) in [6.45, 7) is 22.8. The van der Waals surface area contributed by atoms with Gasteiger partial charge in [-0.1, -0.05) is 87.8 Å². The van der Waals surface area contributed by atoms with E-state index in [1.54, 1.807) is 68.8 Å². The number of carbonyl (C=O) groups excluding carboxylic acids is 10. The molecule has 2 aliphatic heterocycles. The van der Waals surface area contributed by atoms with E-state index < -0.39 is 124 Å². The topological polar surface area (TPSA) is 298 Å². The number of methoxy groups -OCH3 is 2. The number of nitrogens with one attached hydrogen (secondary N) is 5. The Bertz CT molecular complexity index is 3050. The van der Waals surface area contributed by atoms with Gasteiger partial charge in [0.25, 0.3) is 0 Å². The normalized spacial score (nSPS) is 18.9. The highest BCUT2D eigenvalue weighted by molar-refractivity contribution is 5.97. The smallest absolute Gasteiger partial charge is 0.314 e. The van der Waals surface area contributed by atoms with Crippen molar-refractivity contribution >= 4 is 64.7 Å². The number of ether oxygens (including phenoxy) is 3. The van der Waals surface area contributed by atoms with Crippen LogP contribution >= 0.6 is 0 Å². The minimum Gasteiger partial charge on any atom is -0.420 e. The maximum atomic E-state index is 14.6. The molecule has 0 aliphatic carbocycles. The molecule has 23 nitrogen and oxygen atoms in total. The van der Waals surface area contributed by atoms with Crippen LogP contribution in [-0.4, -0.2) is 189 Å². The van der Waals surface area contributed by atoms with E-state index in [0.717, 1.165) is 6.92 Å². The third kappa shape index (κ3) is 23.8. The number of amides is 8. The fraction of sp³-hybridized carbons (Fsp3) is 0.694. The minimum atomic E-state index is -1.95. The molecule has 2 heterocycles. The van der Waals surface area contributed by atoms with Gasteiger partial charge in [0.2, 0.25) is 47.0 Å². The highest BCUT2D eigenvalue weighted by Gasteiger charge is 2.44. The highest BCUT2D eigenvalue weighted by Crippen LogP contribution is 2.34. The molecule has 556 valence electrons. The first-order valence-corrected chi connectivity index (χ1v) is 34.9. The lowest BCUT2D eigenvalue weighted by Crippen LogP contribution is -2.59. The predicted octanol–water partition coefficient (Wildman–Crippen LogP) is 8.00. The van der Waals surface area contributed by atoms with Crippen LogP contribution in [0.15, 0.2) is 24.3 Å². The summed E-state index contributed by atoms with van der Waals surface area (Å²) in [5, 5.41) is 14.1. The third-order valence-electron chi connectivity index (χ3n) is 19.7. The third-order valence-corrected chi connectivity index (χ3v) is 19.7. The number of carbonyl (C=O) groups is 10. The van der Waals surface area contributed by atoms with Crippen LogP contribution in [0.2, 0.25) is 0 Å². The maximum Gasteiger partial charge on any atom is 0.314 e. The van der Waals surface area contributed by atoms with Crippen molar-refractivity contribution in [1.29, 1.82) is 0 Å². The second-order valence-electron chi connectivity index (χ2n) is 28.4. The number of ketones is 2. The number of Topliss-reactive ketones (excluding diaryl/α,β-unsaturated/α-hetero) is 2. The zero-order chi connectivity index (χ0) is 74.4. The number of hydrogen-bond donors (Lipinski definition) is 6. The van der Waals surface area contributed by atoms with Gasteiger partial charge in [-0.15, -0.1) is 0 Å². The van der Waals surface area contributed by atoms with E-state index in [2.05, 4.69) is 26.6 Å². The molecule has 2 saturated heterocycles. The van der Waals surface area contributed by atoms with Crippen molar-refractivity contribution in [3.8, 4) is 5.75 Å². The number of halogens is 4. The van der Waals surface area contributed by atoms with E-state index >= 15 is 0 Å². The summed E-state index contributed by atoms with van der Waals surface area (Å²) in [4.78, 5) is 143. The van der Waals surface area contributed by atoms with Gasteiger partial charge in [0.05, 0.1) is 48.7 Å². The van der Waals surface area contributed by atoms with Gasteiger partial charge in [-0.05, 0) is 127 Å². The summed E-state index contributed by atoms with van der Waals surface area (Å²) < 4.78 is 73.8. The summed E-state index contributed by atoms with van der Waals surface area (Å²) in [7, 11) is 8.39. The summed E-state index contributed by atoms with van der Waals surface area (Å²) in [6, 6.07) is 2.51. The Morgan fingerprint density at radius 1 is 0.717 bits per heavy atom. The zero-order valence-electron chi connectivity index (χ0n) is 61.3. The van der Waals surface area contributed by atoms with Gasteiger partial charge in [0.1, 0.15) is 11.8 Å². The van der Waals surface area contributed by atoms with Crippen molar-refractivity contribution in [1.82, 2.24) is 40.9 Å². The molecule has 13 atom stereocenters. The van der Waals surface area contributed by atoms with E-state index in [-0.39, 0.29) is 123 Å². The van der Waals surface area contributed by atoms with Crippen molar-refractivity contribution < 1.29 is 79.7 Å². The first kappa shape index (κ1) is 84.3. The van der Waals surface area contributed by atoms with Crippen LogP contribution in [0.1, 0.15) is 164 Å². The Labute approximate surface area is 582 Å². The van der Waals surface area contributed by atoms with E-state index in [0.29, 0.717) is 63.0 Å². The average Bonchev–Trinajstić information content (AvgIpc) is 1.34. The molecule has 2 fully saturated rings. The van der Waals surface area contributed by atoms with E-state index in [9.17, 15) is 65.5 Å². The number of piperidine rings is 1. The standard InChI is InChI=1S/C72H112F4N10O13/c1-18-42(8)64(84(15)70(94)62(40(4)5)82-69(93)63(41(6)7)83(13)14)54(97-16)37-56(90)86-32-20-23-51(86)65(98-17)45(11)52(87)34-43(9)67(91)79-38-47-25-27-50(28-26-47)80-68(92)48(22-19-30-78-72(77)96)36-53(88)61(39(2)3)81-55(89)24-21-31-85-33-29-49(35-44(85)10)71(95)99-66-58(74)46(12)57(73)59(75)60(66)76/h25-28,39-45,48-49,51,54,61-65H,18-24,29-38H2,1-17H3,(H,79,91)(H,80,92)(H,81,89)(H,82,93)(H3,77,78,96)/t42-,43+,44?,45-,48+,49?,51-,54+,61-,62-,63-,64-,65+/m0/s1. The molecule has 2 unspecified atom stereocenters. The number of primary amides is 1. The molecule has 0 spiro atoms. The van der Waals surface area contributed by atoms with Gasteiger partial charge in [0, 0.05) is 95.2 Å². The van der Waals surface area contributed by atoms with Crippen molar-refractivity contribution in [3.63, 3.8) is 0 Å². The van der Waals surface area contributed by atoms with Crippen molar-refractivity contribution in [3.05, 3.63) is 58.7 Å². The van der Waals surface area contributed by atoms with Gasteiger partial charge in [0.15, 0.2) is 23.2 Å². The maximum absolute atomic E-state index is 14.6. The van der Waals surface area contributed by atoms with Gasteiger partial charge in [-0.3, -0.25) is 48.1 Å². The molecular formula is C72H112F4N10O13. The molecule has 2 aliphatic rings. The van der Waals surface area contributed by atoms with Crippen molar-refractivity contribution in [2.45, 2.75) is 215 Å². The predicted molar refractivity (Wildman–Crippen MR) is 367 cm³/mol. The molecule has 7 N–H and O–H groups in total. The molecule has 8 amide bonds. The second-order valence-corrected chi connectivity index (χ2v) is 28.4. The fourth-order valence-electron chi connectivity index (χ4n) is 13.7. The Kier molecular flexibility index (Phi) is 33.9. The number of likely N-dealkylation sites (N-methyl/N-ethyl adjacent to an activating group) is 2. The molecule has 2 aromatic rings. The molecule has 4 rings (SSSR count). The zero-order valence-corrected chi connectivity index (χ0v) is 61.3. The first-order chi connectivity index (χ1) is 46.5. The Morgan fingerprint density at radius 3 is 1.93 bits per heavy atom. The molecule has 0 saturated carbocycles. The second kappa shape index (κ2) is 39.8. The molecule has 27 heteroatoms. The molecule has 0 aromatic heterocycles. The van der Waals surface area contributed by atoms with E-state index in [1.807, 2.05) is 72.4 Å². The van der Waals surface area contributed by atoms with Gasteiger partial charge >= 0.3 is 12.0 Å². The number of rotatable bonds is 39. The number of esters is 1. The molecule has 0 radical (unpaired) electrons. The van der Waals surface area contributed by atoms with E-state index in [1.165, 1.54) is 14.2 Å². The number of urea groups is 1. The van der Waals surface area contributed by atoms with Gasteiger partial charge in [-0.2, -0.15) is 4.39 Å². The Hall–Kier alpha value is -7.10. The Balaban J connectivity index is 1.31. The summed E-state index contributed by atoms with van der Waals surface area (Å²) in [5.41, 5.74) is 5.53. The fourth-order valence-corrected chi connectivity index (χ4v) is 13.7. The van der Waals surface area contributed by atoms with Gasteiger partial charge in [-0.25, -0.2) is 18.0 Å². The monoisotopic (exact) mass is 1400 g/mol. The van der Waals surface area contributed by atoms with E-state index in [4.69, 9.17) is 19.9 Å². The molecule has 99 heavy (non-hydrogen) atoms. The average molecular weight is 1400 g/mol. The van der Waals surface area contributed by atoms with Crippen molar-refractivity contribution in [2.75, 3.05) is 66.9 Å². The lowest BCUT2D eigenvalue weighted by atomic mass is 9.87. The Morgan fingerprint density at radius 2 is 1.36 bits per heavy atom. The van der Waals surface area contributed by atoms with Crippen LogP contribution < -0.4 is 37.1 Å². The molecule has 2 aromatic carbocycles. The van der Waals surface area contributed by atoms with Crippen LogP contribution in [0.4, 0.5) is 28.0 Å². The number of hydrogen-bond acceptors (Lipinski definition) is 15. The van der Waals surface area contributed by atoms with Gasteiger partial charge < -0.3 is 61.2 Å². The number of benzene rings is 2. The molecular weight excluding hydrogens is 1290 g/mol. The lowest BCUT2D eigenvalue weighted by Gasteiger charge is -2.41. The summed E-state index contributed by atoms with van der Waals surface area (Å²) >= 11 is 0. The SMILES string of the molecule is CC[C@H](C)[C@@H]([C@@H](CC(=O)N1CCC[C@H]1[C@H](OC)[C@@H](C)C(=O)C[C@@H](C)C(=O)NCc1ccc(NC(=O)[C@H](CCCNC(N)=O)CC(=O)[C@@H](NC(=O)CCCN2CCC(C(=O)Oc3c(F)c(C)c(F)c(F)c3F)CC2C)C(C)C)cc1)OC)N(C)C(=O)[C@@H](NC(=O)[C@H](C(C)C)N(C)C)C(C)C. The number of nitrogens with two attached hydrogens (primary N) is 1. The van der Waals surface area contributed by atoms with Crippen LogP contribution in [0, 0.1) is 77.5 Å². The van der Waals surface area contributed by atoms with Crippen molar-refractivity contribution in [2.24, 2.45) is 53.1 Å². The molecule has 0 bridgehead atoms. The van der Waals surface area contributed by atoms with Crippen LogP contribution in [0.3, 0.4) is 0 Å². The number of likely N-dealkylation sites (tertiary alicyclic amines) is 2. The quantitative estimate of drug-likeness (QED) is 0.00923. The number of nitrogens with zero attached hydrogens (tertiary/aromatic N) is 4. The summed E-state index contributed by atoms with van der Waals surface area (Å²) in [5.74, 6) is -15.8. The van der Waals surface area contributed by atoms with Crippen LogP contribution in [-0.2, 0) is 59.2 Å².